The highest BCUT2D eigenvalue weighted by atomic mass is 32.2. The number of rotatable bonds is 4. The summed E-state index contributed by atoms with van der Waals surface area (Å²) in [5.41, 5.74) is 6.11. The molecule has 2 heterocycles. The number of ether oxygens (including phenoxy) is 1. The van der Waals surface area contributed by atoms with Crippen molar-refractivity contribution >= 4 is 16.0 Å². The van der Waals surface area contributed by atoms with Crippen molar-refractivity contribution in [2.24, 2.45) is 16.6 Å². The molecular weight excluding hydrogens is 352 g/mol. The Morgan fingerprint density at radius 2 is 1.92 bits per heavy atom. The van der Waals surface area contributed by atoms with Crippen molar-refractivity contribution in [3.8, 4) is 0 Å². The molecule has 7 nitrogen and oxygen atoms in total. The van der Waals surface area contributed by atoms with Crippen LogP contribution in [0.2, 0.25) is 0 Å². The minimum absolute atomic E-state index is 0.170. The number of nitrogens with zero attached hydrogens (tertiary/aromatic N) is 3. The van der Waals surface area contributed by atoms with Gasteiger partial charge in [0.2, 0.25) is 10.0 Å². The first-order valence-electron chi connectivity index (χ1n) is 9.18. The lowest BCUT2D eigenvalue weighted by atomic mass is 9.98. The zero-order valence-electron chi connectivity index (χ0n) is 15.3. The predicted octanol–water partition coefficient (Wildman–Crippen LogP) is 1.12. The number of benzene rings is 1. The second-order valence-corrected chi connectivity index (χ2v) is 8.92. The highest BCUT2D eigenvalue weighted by Gasteiger charge is 2.29. The summed E-state index contributed by atoms with van der Waals surface area (Å²) >= 11 is 0. The van der Waals surface area contributed by atoms with E-state index in [0.717, 1.165) is 25.9 Å². The molecule has 144 valence electrons. The van der Waals surface area contributed by atoms with Crippen molar-refractivity contribution in [3.05, 3.63) is 30.3 Å². The number of piperidine rings is 1. The van der Waals surface area contributed by atoms with Crippen molar-refractivity contribution in [3.63, 3.8) is 0 Å². The summed E-state index contributed by atoms with van der Waals surface area (Å²) < 4.78 is 32.4. The predicted molar refractivity (Wildman–Crippen MR) is 101 cm³/mol. The highest BCUT2D eigenvalue weighted by molar-refractivity contribution is 7.89. The van der Waals surface area contributed by atoms with Crippen LogP contribution >= 0.6 is 0 Å². The van der Waals surface area contributed by atoms with Gasteiger partial charge in [0.15, 0.2) is 5.96 Å². The third kappa shape index (κ3) is 4.55. The van der Waals surface area contributed by atoms with Crippen LogP contribution in [-0.2, 0) is 14.8 Å². The molecule has 26 heavy (non-hydrogen) atoms. The van der Waals surface area contributed by atoms with Crippen LogP contribution in [0.3, 0.4) is 0 Å². The van der Waals surface area contributed by atoms with Gasteiger partial charge >= 0.3 is 0 Å². The van der Waals surface area contributed by atoms with Gasteiger partial charge in [0, 0.05) is 32.7 Å². The molecule has 0 bridgehead atoms. The molecule has 0 radical (unpaired) electrons. The first kappa shape index (κ1) is 19.1. The molecular formula is C18H28N4O3S. The largest absolute Gasteiger partial charge is 0.375 e. The van der Waals surface area contributed by atoms with Crippen LogP contribution in [0.1, 0.15) is 19.8 Å². The lowest BCUT2D eigenvalue weighted by Gasteiger charge is -2.33. The van der Waals surface area contributed by atoms with Crippen LogP contribution in [0.25, 0.3) is 0 Å². The second kappa shape index (κ2) is 8.37. The molecule has 1 aromatic carbocycles. The van der Waals surface area contributed by atoms with E-state index in [1.54, 1.807) is 28.6 Å². The van der Waals surface area contributed by atoms with Crippen LogP contribution in [0.5, 0.6) is 0 Å². The van der Waals surface area contributed by atoms with Gasteiger partial charge in [-0.2, -0.15) is 4.31 Å². The molecule has 0 spiro atoms. The van der Waals surface area contributed by atoms with Crippen LogP contribution in [-0.4, -0.2) is 69.0 Å². The lowest BCUT2D eigenvalue weighted by Crippen LogP contribution is -2.48. The van der Waals surface area contributed by atoms with Gasteiger partial charge in [-0.05, 0) is 37.8 Å². The number of nitrogens with two attached hydrogens (primary N) is 1. The van der Waals surface area contributed by atoms with Crippen LogP contribution in [0.15, 0.2) is 40.2 Å². The molecule has 0 aromatic heterocycles. The van der Waals surface area contributed by atoms with E-state index >= 15 is 0 Å². The Hall–Kier alpha value is -1.64. The van der Waals surface area contributed by atoms with E-state index in [1.165, 1.54) is 0 Å². The third-order valence-electron chi connectivity index (χ3n) is 5.03. The summed E-state index contributed by atoms with van der Waals surface area (Å²) in [7, 11) is -3.39. The van der Waals surface area contributed by atoms with Gasteiger partial charge in [-0.1, -0.05) is 18.2 Å². The molecule has 2 aliphatic heterocycles. The number of sulfonamides is 1. The van der Waals surface area contributed by atoms with E-state index in [4.69, 9.17) is 10.5 Å². The van der Waals surface area contributed by atoms with E-state index < -0.39 is 10.0 Å². The molecule has 1 unspecified atom stereocenters. The summed E-state index contributed by atoms with van der Waals surface area (Å²) in [6, 6.07) is 8.63. The fourth-order valence-corrected chi connectivity index (χ4v) is 4.91. The smallest absolute Gasteiger partial charge is 0.243 e. The van der Waals surface area contributed by atoms with Gasteiger partial charge in [-0.25, -0.2) is 8.42 Å². The first-order valence-corrected chi connectivity index (χ1v) is 10.6. The molecule has 1 aromatic rings. The molecule has 1 atom stereocenters. The Balaban J connectivity index is 1.52. The topological polar surface area (TPSA) is 88.2 Å². The summed E-state index contributed by atoms with van der Waals surface area (Å²) in [4.78, 5) is 6.97. The van der Waals surface area contributed by atoms with E-state index in [0.29, 0.717) is 43.0 Å². The minimum atomic E-state index is -3.39. The second-order valence-electron chi connectivity index (χ2n) is 6.99. The summed E-state index contributed by atoms with van der Waals surface area (Å²) in [6.07, 6.45) is 1.79. The van der Waals surface area contributed by atoms with Gasteiger partial charge in [-0.15, -0.1) is 0 Å². The van der Waals surface area contributed by atoms with Crippen molar-refractivity contribution < 1.29 is 13.2 Å². The Kier molecular flexibility index (Phi) is 6.16. The number of morpholine rings is 1. The Labute approximate surface area is 155 Å². The van der Waals surface area contributed by atoms with Gasteiger partial charge in [0.05, 0.1) is 17.6 Å². The van der Waals surface area contributed by atoms with Crippen LogP contribution < -0.4 is 5.73 Å². The monoisotopic (exact) mass is 380 g/mol. The van der Waals surface area contributed by atoms with Crippen molar-refractivity contribution in [1.29, 1.82) is 0 Å². The SMILES string of the molecule is CC1CN(C(N)=NCC2CCN(S(=O)(=O)c3ccccc3)CC2)CCO1. The molecule has 0 amide bonds. The summed E-state index contributed by atoms with van der Waals surface area (Å²) in [6.45, 7) is 5.96. The van der Waals surface area contributed by atoms with E-state index in [2.05, 4.69) is 9.89 Å². The minimum Gasteiger partial charge on any atom is -0.375 e. The van der Waals surface area contributed by atoms with Crippen molar-refractivity contribution in [2.75, 3.05) is 39.3 Å². The number of hydrogen-bond donors (Lipinski definition) is 1. The molecule has 8 heteroatoms. The van der Waals surface area contributed by atoms with E-state index in [1.807, 2.05) is 13.0 Å². The van der Waals surface area contributed by atoms with Crippen LogP contribution in [0.4, 0.5) is 0 Å². The van der Waals surface area contributed by atoms with Crippen molar-refractivity contribution in [1.82, 2.24) is 9.21 Å². The summed E-state index contributed by atoms with van der Waals surface area (Å²) in [5.74, 6) is 0.939. The van der Waals surface area contributed by atoms with E-state index in [9.17, 15) is 8.42 Å². The zero-order valence-corrected chi connectivity index (χ0v) is 16.1. The molecule has 2 fully saturated rings. The molecule has 2 aliphatic rings. The van der Waals surface area contributed by atoms with Gasteiger partial charge in [0.1, 0.15) is 0 Å². The first-order chi connectivity index (χ1) is 12.5. The molecule has 0 aliphatic carbocycles. The third-order valence-corrected chi connectivity index (χ3v) is 6.94. The standard InChI is InChI=1S/C18H28N4O3S/c1-15-14-21(11-12-25-15)18(19)20-13-16-7-9-22(10-8-16)26(23,24)17-5-3-2-4-6-17/h2-6,15-16H,7-14H2,1H3,(H2,19,20). The van der Waals surface area contributed by atoms with Gasteiger partial charge < -0.3 is 15.4 Å². The normalized spacial score (nSPS) is 24.0. The number of guanidine groups is 1. The Morgan fingerprint density at radius 3 is 2.58 bits per heavy atom. The molecule has 2 N–H and O–H groups in total. The number of aliphatic imine (C=N–C) groups is 1. The maximum Gasteiger partial charge on any atom is 0.243 e. The van der Waals surface area contributed by atoms with Gasteiger partial charge in [0.25, 0.3) is 0 Å². The average molecular weight is 381 g/mol. The number of hydrogen-bond acceptors (Lipinski definition) is 4. The summed E-state index contributed by atoms with van der Waals surface area (Å²) in [5, 5.41) is 0. The Bertz CT molecular complexity index is 715. The molecule has 0 saturated carbocycles. The Morgan fingerprint density at radius 1 is 1.23 bits per heavy atom. The quantitative estimate of drug-likeness (QED) is 0.625. The molecule has 3 rings (SSSR count). The molecule has 2 saturated heterocycles. The van der Waals surface area contributed by atoms with E-state index in [-0.39, 0.29) is 6.10 Å². The van der Waals surface area contributed by atoms with Crippen molar-refractivity contribution in [2.45, 2.75) is 30.8 Å². The van der Waals surface area contributed by atoms with Gasteiger partial charge in [-0.3, -0.25) is 4.99 Å². The fourth-order valence-electron chi connectivity index (χ4n) is 3.42. The maximum absolute atomic E-state index is 12.7. The highest BCUT2D eigenvalue weighted by Crippen LogP contribution is 2.24. The fraction of sp³-hybridized carbons (Fsp3) is 0.611. The lowest BCUT2D eigenvalue weighted by molar-refractivity contribution is 0.00526. The zero-order chi connectivity index (χ0) is 18.6. The average Bonchev–Trinajstić information content (AvgIpc) is 2.67. The maximum atomic E-state index is 12.7. The van der Waals surface area contributed by atoms with Crippen LogP contribution in [0, 0.1) is 5.92 Å².